The molecule has 2 N–H and O–H groups in total. The van der Waals surface area contributed by atoms with Gasteiger partial charge in [-0.1, -0.05) is 22.9 Å². The predicted molar refractivity (Wildman–Crippen MR) is 92.2 cm³/mol. The molecule has 1 unspecified atom stereocenters. The SMILES string of the molecule is CCC(C)Nc1ccc(C(=O)Nc2ccc(Br)cc2C)nn1. The molecule has 5 nitrogen and oxygen atoms in total. The summed E-state index contributed by atoms with van der Waals surface area (Å²) in [6.07, 6.45) is 0.993. The van der Waals surface area contributed by atoms with E-state index in [1.807, 2.05) is 25.1 Å². The molecule has 6 heteroatoms. The number of rotatable bonds is 5. The number of carbonyl (C=O) groups is 1. The first-order chi connectivity index (χ1) is 10.5. The van der Waals surface area contributed by atoms with Gasteiger partial charge in [-0.15, -0.1) is 10.2 Å². The number of nitrogens with one attached hydrogen (secondary N) is 2. The Morgan fingerprint density at radius 2 is 2.05 bits per heavy atom. The van der Waals surface area contributed by atoms with Crippen LogP contribution in [0.1, 0.15) is 36.3 Å². The predicted octanol–water partition coefficient (Wildman–Crippen LogP) is 4.01. The minimum atomic E-state index is -0.270. The fourth-order valence-electron chi connectivity index (χ4n) is 1.84. The third-order valence-electron chi connectivity index (χ3n) is 3.34. The molecule has 1 heterocycles. The molecule has 0 aliphatic carbocycles. The standard InChI is InChI=1S/C16H19BrN4O/c1-4-11(3)18-15-8-7-14(20-21-15)16(22)19-13-6-5-12(17)9-10(13)2/h5-9,11H,4H2,1-3H3,(H,18,21)(H,19,22). The highest BCUT2D eigenvalue weighted by atomic mass is 79.9. The summed E-state index contributed by atoms with van der Waals surface area (Å²) in [5, 5.41) is 14.1. The van der Waals surface area contributed by atoms with E-state index in [1.165, 1.54) is 0 Å². The van der Waals surface area contributed by atoms with Gasteiger partial charge in [-0.3, -0.25) is 4.79 Å². The van der Waals surface area contributed by atoms with Crippen molar-refractivity contribution >= 4 is 33.3 Å². The quantitative estimate of drug-likeness (QED) is 0.842. The van der Waals surface area contributed by atoms with Crippen molar-refractivity contribution in [3.05, 3.63) is 46.1 Å². The molecule has 0 bridgehead atoms. The van der Waals surface area contributed by atoms with Crippen LogP contribution in [-0.4, -0.2) is 22.1 Å². The first-order valence-electron chi connectivity index (χ1n) is 7.17. The van der Waals surface area contributed by atoms with Gasteiger partial charge in [-0.25, -0.2) is 0 Å². The maximum atomic E-state index is 12.2. The van der Waals surface area contributed by atoms with Crippen LogP contribution in [0.25, 0.3) is 0 Å². The van der Waals surface area contributed by atoms with Gasteiger partial charge >= 0.3 is 0 Å². The van der Waals surface area contributed by atoms with Gasteiger partial charge in [0.05, 0.1) is 0 Å². The molecular formula is C16H19BrN4O. The van der Waals surface area contributed by atoms with Crippen LogP contribution in [0.5, 0.6) is 0 Å². The summed E-state index contributed by atoms with van der Waals surface area (Å²) >= 11 is 3.40. The molecule has 0 saturated heterocycles. The summed E-state index contributed by atoms with van der Waals surface area (Å²) in [6.45, 7) is 6.09. The third-order valence-corrected chi connectivity index (χ3v) is 3.83. The van der Waals surface area contributed by atoms with Crippen LogP contribution in [0.15, 0.2) is 34.8 Å². The Hall–Kier alpha value is -1.95. The Balaban J connectivity index is 2.06. The van der Waals surface area contributed by atoms with E-state index in [2.05, 4.69) is 50.6 Å². The molecule has 1 atom stereocenters. The Bertz CT molecular complexity index is 658. The van der Waals surface area contributed by atoms with Crippen molar-refractivity contribution in [3.63, 3.8) is 0 Å². The molecule has 22 heavy (non-hydrogen) atoms. The number of benzene rings is 1. The van der Waals surface area contributed by atoms with Gasteiger partial charge in [-0.05, 0) is 56.2 Å². The first-order valence-corrected chi connectivity index (χ1v) is 7.96. The molecule has 0 aliphatic rings. The van der Waals surface area contributed by atoms with E-state index >= 15 is 0 Å². The second kappa shape index (κ2) is 7.35. The number of aromatic nitrogens is 2. The van der Waals surface area contributed by atoms with E-state index in [0.717, 1.165) is 22.1 Å². The third kappa shape index (κ3) is 4.27. The van der Waals surface area contributed by atoms with Crippen LogP contribution in [0.3, 0.4) is 0 Å². The lowest BCUT2D eigenvalue weighted by atomic mass is 10.2. The molecule has 2 aromatic rings. The number of amides is 1. The number of carbonyl (C=O) groups excluding carboxylic acids is 1. The molecule has 0 radical (unpaired) electrons. The minimum absolute atomic E-state index is 0.270. The van der Waals surface area contributed by atoms with E-state index in [1.54, 1.807) is 12.1 Å². The Morgan fingerprint density at radius 3 is 2.64 bits per heavy atom. The molecular weight excluding hydrogens is 344 g/mol. The Morgan fingerprint density at radius 1 is 1.27 bits per heavy atom. The maximum Gasteiger partial charge on any atom is 0.276 e. The number of hydrogen-bond acceptors (Lipinski definition) is 4. The molecule has 1 aromatic heterocycles. The van der Waals surface area contributed by atoms with Gasteiger partial charge in [-0.2, -0.15) is 0 Å². The molecule has 0 fully saturated rings. The van der Waals surface area contributed by atoms with Crippen LogP contribution < -0.4 is 10.6 Å². The molecule has 116 valence electrons. The lowest BCUT2D eigenvalue weighted by Crippen LogP contribution is -2.17. The largest absolute Gasteiger partial charge is 0.366 e. The Kier molecular flexibility index (Phi) is 5.49. The van der Waals surface area contributed by atoms with E-state index < -0.39 is 0 Å². The average molecular weight is 363 g/mol. The maximum absolute atomic E-state index is 12.2. The smallest absolute Gasteiger partial charge is 0.276 e. The minimum Gasteiger partial charge on any atom is -0.366 e. The topological polar surface area (TPSA) is 66.9 Å². The number of nitrogens with zero attached hydrogens (tertiary/aromatic N) is 2. The lowest BCUT2D eigenvalue weighted by molar-refractivity contribution is 0.102. The van der Waals surface area contributed by atoms with Gasteiger partial charge in [0.1, 0.15) is 5.82 Å². The van der Waals surface area contributed by atoms with Crippen LogP contribution in [0, 0.1) is 6.92 Å². The second-order valence-electron chi connectivity index (χ2n) is 5.17. The highest BCUT2D eigenvalue weighted by Crippen LogP contribution is 2.20. The zero-order valence-corrected chi connectivity index (χ0v) is 14.4. The van der Waals surface area contributed by atoms with E-state index in [0.29, 0.717) is 11.9 Å². The van der Waals surface area contributed by atoms with Gasteiger partial charge in [0, 0.05) is 16.2 Å². The average Bonchev–Trinajstić information content (AvgIpc) is 2.50. The first kappa shape index (κ1) is 16.4. The van der Waals surface area contributed by atoms with Crippen molar-refractivity contribution in [1.29, 1.82) is 0 Å². The molecule has 0 saturated carbocycles. The summed E-state index contributed by atoms with van der Waals surface area (Å²) in [5.74, 6) is 0.402. The highest BCUT2D eigenvalue weighted by molar-refractivity contribution is 9.10. The van der Waals surface area contributed by atoms with E-state index in [-0.39, 0.29) is 11.6 Å². The van der Waals surface area contributed by atoms with Gasteiger partial charge in [0.2, 0.25) is 0 Å². The van der Waals surface area contributed by atoms with E-state index in [4.69, 9.17) is 0 Å². The highest BCUT2D eigenvalue weighted by Gasteiger charge is 2.10. The van der Waals surface area contributed by atoms with Crippen molar-refractivity contribution in [2.75, 3.05) is 10.6 Å². The van der Waals surface area contributed by atoms with Crippen molar-refractivity contribution in [3.8, 4) is 0 Å². The summed E-state index contributed by atoms with van der Waals surface area (Å²) < 4.78 is 0.975. The number of hydrogen-bond donors (Lipinski definition) is 2. The molecule has 2 rings (SSSR count). The number of aryl methyl sites for hydroxylation is 1. The fourth-order valence-corrected chi connectivity index (χ4v) is 2.31. The van der Waals surface area contributed by atoms with Gasteiger partial charge in [0.25, 0.3) is 5.91 Å². The van der Waals surface area contributed by atoms with E-state index in [9.17, 15) is 4.79 Å². The van der Waals surface area contributed by atoms with Crippen molar-refractivity contribution in [1.82, 2.24) is 10.2 Å². The molecule has 1 aromatic carbocycles. The van der Waals surface area contributed by atoms with Crippen molar-refractivity contribution in [2.45, 2.75) is 33.2 Å². The zero-order valence-electron chi connectivity index (χ0n) is 12.9. The normalized spacial score (nSPS) is 11.8. The summed E-state index contributed by atoms with van der Waals surface area (Å²) in [4.78, 5) is 12.2. The van der Waals surface area contributed by atoms with Crippen molar-refractivity contribution in [2.24, 2.45) is 0 Å². The van der Waals surface area contributed by atoms with Crippen LogP contribution in [-0.2, 0) is 0 Å². The lowest BCUT2D eigenvalue weighted by Gasteiger charge is -2.11. The summed E-state index contributed by atoms with van der Waals surface area (Å²) in [5.41, 5.74) is 2.03. The summed E-state index contributed by atoms with van der Waals surface area (Å²) in [6, 6.07) is 9.43. The molecule has 1 amide bonds. The van der Waals surface area contributed by atoms with Crippen LogP contribution >= 0.6 is 15.9 Å². The second-order valence-corrected chi connectivity index (χ2v) is 6.09. The molecule has 0 spiro atoms. The Labute approximate surface area is 138 Å². The zero-order chi connectivity index (χ0) is 16.1. The number of halogens is 1. The van der Waals surface area contributed by atoms with Crippen LogP contribution in [0.2, 0.25) is 0 Å². The monoisotopic (exact) mass is 362 g/mol. The summed E-state index contributed by atoms with van der Waals surface area (Å²) in [7, 11) is 0. The van der Waals surface area contributed by atoms with Crippen molar-refractivity contribution < 1.29 is 4.79 Å². The fraction of sp³-hybridized carbons (Fsp3) is 0.312. The van der Waals surface area contributed by atoms with Crippen LogP contribution in [0.4, 0.5) is 11.5 Å². The molecule has 0 aliphatic heterocycles. The van der Waals surface area contributed by atoms with Gasteiger partial charge in [0.15, 0.2) is 5.69 Å². The number of anilines is 2. The van der Waals surface area contributed by atoms with Gasteiger partial charge < -0.3 is 10.6 Å².